The molecule has 1 aromatic carbocycles. The molecule has 0 heterocycles. The maximum atomic E-state index is 12.1. The van der Waals surface area contributed by atoms with E-state index in [9.17, 15) is 8.42 Å². The SMILES string of the molecule is CN=C(NCCCS(=O)(=O)c1ccccc1)NCCSC.I. The largest absolute Gasteiger partial charge is 0.356 e. The van der Waals surface area contributed by atoms with Crippen LogP contribution in [0.4, 0.5) is 0 Å². The highest BCUT2D eigenvalue weighted by Crippen LogP contribution is 2.10. The lowest BCUT2D eigenvalue weighted by Gasteiger charge is -2.11. The molecule has 2 N–H and O–H groups in total. The van der Waals surface area contributed by atoms with E-state index in [1.165, 1.54) is 0 Å². The number of nitrogens with zero attached hydrogens (tertiary/aromatic N) is 1. The fraction of sp³-hybridized carbons (Fsp3) is 0.500. The Morgan fingerprint density at radius 2 is 1.82 bits per heavy atom. The Labute approximate surface area is 154 Å². The zero-order chi connectivity index (χ0) is 15.6. The topological polar surface area (TPSA) is 70.6 Å². The molecule has 0 aromatic heterocycles. The third kappa shape index (κ3) is 8.23. The monoisotopic (exact) mass is 457 g/mol. The highest BCUT2D eigenvalue weighted by Gasteiger charge is 2.12. The van der Waals surface area contributed by atoms with Crippen LogP contribution in [-0.2, 0) is 9.84 Å². The van der Waals surface area contributed by atoms with E-state index in [-0.39, 0.29) is 29.7 Å². The van der Waals surface area contributed by atoms with Gasteiger partial charge in [0.05, 0.1) is 10.6 Å². The molecule has 5 nitrogen and oxygen atoms in total. The molecule has 0 unspecified atom stereocenters. The van der Waals surface area contributed by atoms with Crippen LogP contribution in [0.2, 0.25) is 0 Å². The number of aliphatic imine (C=N–C) groups is 1. The fourth-order valence-electron chi connectivity index (χ4n) is 1.71. The van der Waals surface area contributed by atoms with E-state index in [4.69, 9.17) is 0 Å². The van der Waals surface area contributed by atoms with Crippen molar-refractivity contribution >= 4 is 51.5 Å². The van der Waals surface area contributed by atoms with Crippen molar-refractivity contribution in [2.45, 2.75) is 11.3 Å². The Morgan fingerprint density at radius 1 is 1.18 bits per heavy atom. The van der Waals surface area contributed by atoms with Crippen LogP contribution >= 0.6 is 35.7 Å². The highest BCUT2D eigenvalue weighted by molar-refractivity contribution is 14.0. The van der Waals surface area contributed by atoms with E-state index in [2.05, 4.69) is 15.6 Å². The van der Waals surface area contributed by atoms with Crippen molar-refractivity contribution in [3.63, 3.8) is 0 Å². The average Bonchev–Trinajstić information content (AvgIpc) is 2.50. The molecular weight excluding hydrogens is 433 g/mol. The summed E-state index contributed by atoms with van der Waals surface area (Å²) in [4.78, 5) is 4.47. The minimum absolute atomic E-state index is 0. The quantitative estimate of drug-likeness (QED) is 0.271. The van der Waals surface area contributed by atoms with Gasteiger partial charge >= 0.3 is 0 Å². The van der Waals surface area contributed by atoms with E-state index in [0.29, 0.717) is 23.8 Å². The second-order valence-electron chi connectivity index (χ2n) is 4.40. The molecular formula is C14H24IN3O2S2. The van der Waals surface area contributed by atoms with Gasteiger partial charge in [0.2, 0.25) is 0 Å². The molecule has 1 aromatic rings. The number of hydrogen-bond donors (Lipinski definition) is 2. The van der Waals surface area contributed by atoms with Crippen LogP contribution in [0.25, 0.3) is 0 Å². The molecule has 0 fully saturated rings. The second kappa shape index (κ2) is 12.0. The average molecular weight is 457 g/mol. The van der Waals surface area contributed by atoms with Gasteiger partial charge in [-0.25, -0.2) is 8.42 Å². The number of guanidine groups is 1. The maximum Gasteiger partial charge on any atom is 0.191 e. The van der Waals surface area contributed by atoms with Gasteiger partial charge in [-0.05, 0) is 24.8 Å². The predicted molar refractivity (Wildman–Crippen MR) is 106 cm³/mol. The summed E-state index contributed by atoms with van der Waals surface area (Å²) >= 11 is 1.76. The van der Waals surface area contributed by atoms with Gasteiger partial charge in [0.15, 0.2) is 15.8 Å². The molecule has 0 saturated carbocycles. The van der Waals surface area contributed by atoms with Gasteiger partial charge in [-0.1, -0.05) is 18.2 Å². The van der Waals surface area contributed by atoms with Gasteiger partial charge in [0.25, 0.3) is 0 Å². The Kier molecular flexibility index (Phi) is 11.7. The first-order valence-electron chi connectivity index (χ1n) is 6.81. The van der Waals surface area contributed by atoms with Gasteiger partial charge in [-0.2, -0.15) is 11.8 Å². The molecule has 22 heavy (non-hydrogen) atoms. The first-order valence-corrected chi connectivity index (χ1v) is 9.86. The molecule has 0 radical (unpaired) electrons. The number of sulfone groups is 1. The number of thioether (sulfide) groups is 1. The van der Waals surface area contributed by atoms with Gasteiger partial charge < -0.3 is 10.6 Å². The van der Waals surface area contributed by atoms with E-state index < -0.39 is 9.84 Å². The molecule has 0 bridgehead atoms. The number of halogens is 1. The van der Waals surface area contributed by atoms with E-state index in [1.54, 1.807) is 43.1 Å². The summed E-state index contributed by atoms with van der Waals surface area (Å²) in [5.74, 6) is 1.84. The molecule has 126 valence electrons. The molecule has 0 saturated heterocycles. The summed E-state index contributed by atoms with van der Waals surface area (Å²) in [5.41, 5.74) is 0. The molecule has 0 atom stereocenters. The minimum Gasteiger partial charge on any atom is -0.356 e. The number of nitrogens with one attached hydrogen (secondary N) is 2. The third-order valence-electron chi connectivity index (χ3n) is 2.81. The molecule has 0 amide bonds. The molecule has 0 aliphatic carbocycles. The number of hydrogen-bond acceptors (Lipinski definition) is 4. The molecule has 1 rings (SSSR count). The van der Waals surface area contributed by atoms with Crippen molar-refractivity contribution < 1.29 is 8.42 Å². The minimum atomic E-state index is -3.19. The van der Waals surface area contributed by atoms with E-state index >= 15 is 0 Å². The molecule has 0 aliphatic heterocycles. The van der Waals surface area contributed by atoms with Crippen LogP contribution in [0, 0.1) is 0 Å². The smallest absolute Gasteiger partial charge is 0.191 e. The summed E-state index contributed by atoms with van der Waals surface area (Å²) in [7, 11) is -1.49. The third-order valence-corrected chi connectivity index (χ3v) is 5.24. The van der Waals surface area contributed by atoms with Crippen LogP contribution in [0.1, 0.15) is 6.42 Å². The molecule has 0 spiro atoms. The van der Waals surface area contributed by atoms with Crippen LogP contribution < -0.4 is 10.6 Å². The zero-order valence-corrected chi connectivity index (χ0v) is 16.9. The summed E-state index contributed by atoms with van der Waals surface area (Å²) < 4.78 is 24.2. The zero-order valence-electron chi connectivity index (χ0n) is 12.9. The van der Waals surface area contributed by atoms with Crippen LogP contribution in [0.5, 0.6) is 0 Å². The summed E-state index contributed by atoms with van der Waals surface area (Å²) in [6.45, 7) is 1.41. The van der Waals surface area contributed by atoms with Gasteiger partial charge in [-0.3, -0.25) is 4.99 Å². The Balaban J connectivity index is 0.00000441. The van der Waals surface area contributed by atoms with Crippen LogP contribution in [0.15, 0.2) is 40.2 Å². The highest BCUT2D eigenvalue weighted by atomic mass is 127. The first kappa shape index (κ1) is 21.5. The summed E-state index contributed by atoms with van der Waals surface area (Å²) in [6.07, 6.45) is 2.59. The lowest BCUT2D eigenvalue weighted by Crippen LogP contribution is -2.39. The van der Waals surface area contributed by atoms with Crippen LogP contribution in [-0.4, -0.2) is 52.3 Å². The van der Waals surface area contributed by atoms with Crippen molar-refractivity contribution in [1.29, 1.82) is 0 Å². The van der Waals surface area contributed by atoms with Crippen molar-refractivity contribution in [2.24, 2.45) is 4.99 Å². The van der Waals surface area contributed by atoms with Crippen LogP contribution in [0.3, 0.4) is 0 Å². The Hall–Kier alpha value is -0.480. The second-order valence-corrected chi connectivity index (χ2v) is 7.50. The normalized spacial score (nSPS) is 11.6. The molecule has 8 heteroatoms. The van der Waals surface area contributed by atoms with E-state index in [1.807, 2.05) is 12.3 Å². The maximum absolute atomic E-state index is 12.1. The summed E-state index contributed by atoms with van der Waals surface area (Å²) in [6, 6.07) is 8.55. The Morgan fingerprint density at radius 3 is 2.41 bits per heavy atom. The van der Waals surface area contributed by atoms with Gasteiger partial charge in [0, 0.05) is 25.9 Å². The van der Waals surface area contributed by atoms with Crippen molar-refractivity contribution in [2.75, 3.05) is 37.9 Å². The number of rotatable bonds is 8. The first-order chi connectivity index (χ1) is 10.1. The Bertz CT molecular complexity index is 536. The number of benzene rings is 1. The summed E-state index contributed by atoms with van der Waals surface area (Å²) in [5, 5.41) is 6.29. The lowest BCUT2D eigenvalue weighted by atomic mass is 10.4. The van der Waals surface area contributed by atoms with Crippen molar-refractivity contribution in [3.8, 4) is 0 Å². The molecule has 0 aliphatic rings. The standard InChI is InChI=1S/C14H23N3O2S2.HI/c1-15-14(17-10-11-20-2)16-9-6-12-21(18,19)13-7-4-3-5-8-13;/h3-5,7-8H,6,9-12H2,1-2H3,(H2,15,16,17);1H. The van der Waals surface area contributed by atoms with E-state index in [0.717, 1.165) is 12.3 Å². The predicted octanol–water partition coefficient (Wildman–Crippen LogP) is 2.00. The van der Waals surface area contributed by atoms with Crippen molar-refractivity contribution in [3.05, 3.63) is 30.3 Å². The lowest BCUT2D eigenvalue weighted by molar-refractivity contribution is 0.592. The van der Waals surface area contributed by atoms with Gasteiger partial charge in [0.1, 0.15) is 0 Å². The fourth-order valence-corrected chi connectivity index (χ4v) is 3.34. The van der Waals surface area contributed by atoms with Crippen molar-refractivity contribution in [1.82, 2.24) is 10.6 Å². The van der Waals surface area contributed by atoms with Gasteiger partial charge in [-0.15, -0.1) is 24.0 Å².